The van der Waals surface area contributed by atoms with Crippen LogP contribution >= 0.6 is 0 Å². The second-order valence-corrected chi connectivity index (χ2v) is 9.61. The van der Waals surface area contributed by atoms with Crippen LogP contribution in [0.1, 0.15) is 55.4 Å². The molecule has 184 valence electrons. The second kappa shape index (κ2) is 10.3. The predicted molar refractivity (Wildman–Crippen MR) is 126 cm³/mol. The summed E-state index contributed by atoms with van der Waals surface area (Å²) < 4.78 is 10.4. The van der Waals surface area contributed by atoms with Crippen molar-refractivity contribution in [1.29, 1.82) is 0 Å². The normalized spacial score (nSPS) is 16.5. The molecule has 1 amide bonds. The van der Waals surface area contributed by atoms with Crippen LogP contribution in [0.15, 0.2) is 36.4 Å². The van der Waals surface area contributed by atoms with Crippen LogP contribution < -0.4 is 0 Å². The summed E-state index contributed by atoms with van der Waals surface area (Å²) in [5.74, 6) is -0.376. The van der Waals surface area contributed by atoms with Crippen molar-refractivity contribution < 1.29 is 34.4 Å². The molecule has 0 bridgehead atoms. The van der Waals surface area contributed by atoms with E-state index in [1.807, 2.05) is 6.07 Å². The molecule has 1 heterocycles. The van der Waals surface area contributed by atoms with E-state index < -0.39 is 23.7 Å². The summed E-state index contributed by atoms with van der Waals surface area (Å²) in [7, 11) is 1.27. The summed E-state index contributed by atoms with van der Waals surface area (Å²) in [6.45, 7) is 5.40. The Balaban J connectivity index is 1.92. The first-order chi connectivity index (χ1) is 16.0. The van der Waals surface area contributed by atoms with Crippen LogP contribution in [0.5, 0.6) is 11.5 Å². The highest BCUT2D eigenvalue weighted by molar-refractivity contribution is 5.82. The number of hydrogen-bond acceptors (Lipinski definition) is 7. The van der Waals surface area contributed by atoms with Gasteiger partial charge in [-0.1, -0.05) is 18.2 Å². The number of carbonyl (C=O) groups is 2. The first-order valence-electron chi connectivity index (χ1n) is 11.3. The monoisotopic (exact) mass is 471 g/mol. The van der Waals surface area contributed by atoms with Crippen molar-refractivity contribution in [2.75, 3.05) is 13.7 Å². The Morgan fingerprint density at radius 3 is 2.38 bits per heavy atom. The van der Waals surface area contributed by atoms with Crippen molar-refractivity contribution in [2.45, 2.75) is 64.1 Å². The molecule has 2 atom stereocenters. The van der Waals surface area contributed by atoms with Gasteiger partial charge in [-0.15, -0.1) is 0 Å². The van der Waals surface area contributed by atoms with Gasteiger partial charge in [0.05, 0.1) is 13.7 Å². The average Bonchev–Trinajstić information content (AvgIpc) is 2.77. The number of nitrogens with zero attached hydrogens (tertiary/aromatic N) is 1. The zero-order valence-corrected chi connectivity index (χ0v) is 20.1. The number of benzene rings is 2. The first kappa shape index (κ1) is 25.4. The van der Waals surface area contributed by atoms with E-state index in [1.165, 1.54) is 12.0 Å². The molecular weight excluding hydrogens is 438 g/mol. The van der Waals surface area contributed by atoms with Gasteiger partial charge in [0.1, 0.15) is 23.1 Å². The standard InChI is InChI=1S/C26H33NO7/c1-26(2,3)34-25(32)27-15-20-12-19(23(30)14-18(20)13-22(27)24(31)33-4)11-17(9-10-28)16-5-7-21(29)8-6-16/h5-8,12,14,17,22,28-30H,9-11,13,15H2,1-4H3/t17?,22-/m0/s1. The molecule has 2 aromatic carbocycles. The van der Waals surface area contributed by atoms with Crippen LogP contribution in [0.4, 0.5) is 4.79 Å². The van der Waals surface area contributed by atoms with Gasteiger partial charge in [0.15, 0.2) is 0 Å². The van der Waals surface area contributed by atoms with Crippen LogP contribution in [-0.4, -0.2) is 57.6 Å². The largest absolute Gasteiger partial charge is 0.508 e. The van der Waals surface area contributed by atoms with Gasteiger partial charge in [-0.05, 0) is 80.0 Å². The lowest BCUT2D eigenvalue weighted by molar-refractivity contribution is -0.147. The molecule has 0 saturated carbocycles. The van der Waals surface area contributed by atoms with Crippen LogP contribution in [0.3, 0.4) is 0 Å². The zero-order chi connectivity index (χ0) is 25.0. The van der Waals surface area contributed by atoms with E-state index in [9.17, 15) is 24.9 Å². The molecule has 0 radical (unpaired) electrons. The predicted octanol–water partition coefficient (Wildman–Crippen LogP) is 3.64. The van der Waals surface area contributed by atoms with Gasteiger partial charge < -0.3 is 24.8 Å². The molecule has 1 aliphatic rings. The lowest BCUT2D eigenvalue weighted by Gasteiger charge is -2.36. The lowest BCUT2D eigenvalue weighted by atomic mass is 9.86. The number of phenols is 2. The van der Waals surface area contributed by atoms with E-state index in [4.69, 9.17) is 9.47 Å². The maximum Gasteiger partial charge on any atom is 0.411 e. The topological polar surface area (TPSA) is 117 Å². The number of aliphatic hydroxyl groups is 1. The highest BCUT2D eigenvalue weighted by Crippen LogP contribution is 2.34. The Hall–Kier alpha value is -3.26. The van der Waals surface area contributed by atoms with Gasteiger partial charge in [0, 0.05) is 13.0 Å². The van der Waals surface area contributed by atoms with E-state index in [0.29, 0.717) is 18.4 Å². The van der Waals surface area contributed by atoms with Crippen LogP contribution in [0.2, 0.25) is 0 Å². The van der Waals surface area contributed by atoms with Crippen LogP contribution in [0, 0.1) is 0 Å². The number of amides is 1. The molecule has 1 aliphatic heterocycles. The Kier molecular flexibility index (Phi) is 7.71. The third-order valence-electron chi connectivity index (χ3n) is 5.94. The van der Waals surface area contributed by atoms with E-state index in [0.717, 1.165) is 16.7 Å². The molecule has 3 rings (SSSR count). The number of hydrogen-bond donors (Lipinski definition) is 3. The molecule has 8 heteroatoms. The number of aromatic hydroxyl groups is 2. The summed E-state index contributed by atoms with van der Waals surface area (Å²) in [6, 6.07) is 9.43. The number of fused-ring (bicyclic) bond motifs is 1. The number of carbonyl (C=O) groups excluding carboxylic acids is 2. The number of aliphatic hydroxyl groups excluding tert-OH is 1. The van der Waals surface area contributed by atoms with Gasteiger partial charge in [0.25, 0.3) is 0 Å². The fraction of sp³-hybridized carbons (Fsp3) is 0.462. The highest BCUT2D eigenvalue weighted by Gasteiger charge is 2.38. The van der Waals surface area contributed by atoms with Gasteiger partial charge in [-0.25, -0.2) is 9.59 Å². The summed E-state index contributed by atoms with van der Waals surface area (Å²) in [6.07, 6.45) is 0.533. The molecule has 8 nitrogen and oxygen atoms in total. The molecule has 0 aromatic heterocycles. The number of esters is 1. The molecule has 0 saturated heterocycles. The third kappa shape index (κ3) is 5.99. The summed E-state index contributed by atoms with van der Waals surface area (Å²) >= 11 is 0. The smallest absolute Gasteiger partial charge is 0.411 e. The SMILES string of the molecule is COC(=O)[C@@H]1Cc2cc(O)c(CC(CCO)c3ccc(O)cc3)cc2CN1C(=O)OC(C)(C)C. The number of ether oxygens (including phenoxy) is 2. The van der Waals surface area contributed by atoms with Crippen LogP contribution in [0.25, 0.3) is 0 Å². The second-order valence-electron chi connectivity index (χ2n) is 9.61. The van der Waals surface area contributed by atoms with Gasteiger partial charge >= 0.3 is 12.1 Å². The highest BCUT2D eigenvalue weighted by atomic mass is 16.6. The average molecular weight is 472 g/mol. The van der Waals surface area contributed by atoms with E-state index in [-0.39, 0.29) is 37.0 Å². The minimum Gasteiger partial charge on any atom is -0.508 e. The molecule has 0 spiro atoms. The van der Waals surface area contributed by atoms with Crippen molar-refractivity contribution in [2.24, 2.45) is 0 Å². The van der Waals surface area contributed by atoms with Crippen LogP contribution in [-0.2, 0) is 33.7 Å². The zero-order valence-electron chi connectivity index (χ0n) is 20.1. The molecular formula is C26H33NO7. The first-order valence-corrected chi connectivity index (χ1v) is 11.3. The van der Waals surface area contributed by atoms with Crippen molar-refractivity contribution in [3.8, 4) is 11.5 Å². The number of rotatable bonds is 6. The maximum atomic E-state index is 12.9. The molecule has 0 aliphatic carbocycles. The fourth-order valence-corrected chi connectivity index (χ4v) is 4.25. The third-order valence-corrected chi connectivity index (χ3v) is 5.94. The van der Waals surface area contributed by atoms with Crippen molar-refractivity contribution in [3.63, 3.8) is 0 Å². The Labute approximate surface area is 199 Å². The summed E-state index contributed by atoms with van der Waals surface area (Å²) in [5.41, 5.74) is 2.46. The molecule has 3 N–H and O–H groups in total. The maximum absolute atomic E-state index is 12.9. The Bertz CT molecular complexity index is 1030. The van der Waals surface area contributed by atoms with Gasteiger partial charge in [-0.2, -0.15) is 0 Å². The lowest BCUT2D eigenvalue weighted by Crippen LogP contribution is -2.50. The Morgan fingerprint density at radius 2 is 1.79 bits per heavy atom. The molecule has 0 fully saturated rings. The minimum atomic E-state index is -0.850. The Morgan fingerprint density at radius 1 is 1.12 bits per heavy atom. The van der Waals surface area contributed by atoms with Gasteiger partial charge in [0.2, 0.25) is 0 Å². The van der Waals surface area contributed by atoms with E-state index in [2.05, 4.69) is 0 Å². The summed E-state index contributed by atoms with van der Waals surface area (Å²) in [4.78, 5) is 26.7. The van der Waals surface area contributed by atoms with Crippen molar-refractivity contribution in [1.82, 2.24) is 4.90 Å². The molecule has 34 heavy (non-hydrogen) atoms. The molecule has 2 aromatic rings. The number of methoxy groups -OCH3 is 1. The quantitative estimate of drug-likeness (QED) is 0.551. The van der Waals surface area contributed by atoms with Crippen molar-refractivity contribution >= 4 is 12.1 Å². The fourth-order valence-electron chi connectivity index (χ4n) is 4.25. The number of phenolic OH excluding ortho intramolecular Hbond substituents is 2. The minimum absolute atomic E-state index is 0.0233. The summed E-state index contributed by atoms with van der Waals surface area (Å²) in [5, 5.41) is 29.9. The van der Waals surface area contributed by atoms with Gasteiger partial charge in [-0.3, -0.25) is 4.90 Å². The van der Waals surface area contributed by atoms with Crippen molar-refractivity contribution in [3.05, 3.63) is 58.7 Å². The van der Waals surface area contributed by atoms with E-state index in [1.54, 1.807) is 51.1 Å². The molecule has 1 unspecified atom stereocenters. The van der Waals surface area contributed by atoms with E-state index >= 15 is 0 Å².